The fourth-order valence-electron chi connectivity index (χ4n) is 2.15. The molecule has 0 bridgehead atoms. The van der Waals surface area contributed by atoms with Crippen LogP contribution in [0.5, 0.6) is 0 Å². The molecular formula is C16H19FN2O2. The summed E-state index contributed by atoms with van der Waals surface area (Å²) in [6.07, 6.45) is 0.647. The zero-order valence-corrected chi connectivity index (χ0v) is 12.2. The molecule has 1 amide bonds. The molecule has 0 spiro atoms. The highest BCUT2D eigenvalue weighted by atomic mass is 19.1. The molecule has 1 heterocycles. The quantitative estimate of drug-likeness (QED) is 0.889. The molecule has 0 aliphatic rings. The summed E-state index contributed by atoms with van der Waals surface area (Å²) in [4.78, 5) is 16.5. The van der Waals surface area contributed by atoms with Gasteiger partial charge in [-0.3, -0.25) is 9.78 Å². The van der Waals surface area contributed by atoms with E-state index in [0.29, 0.717) is 29.7 Å². The number of carbonyl (C=O) groups is 1. The highest BCUT2D eigenvalue weighted by molar-refractivity contribution is 5.98. The van der Waals surface area contributed by atoms with E-state index < -0.39 is 0 Å². The van der Waals surface area contributed by atoms with Crippen molar-refractivity contribution >= 4 is 16.8 Å². The molecule has 0 aliphatic heterocycles. The van der Waals surface area contributed by atoms with Crippen molar-refractivity contribution in [3.8, 4) is 0 Å². The number of aromatic nitrogens is 1. The maximum atomic E-state index is 13.2. The van der Waals surface area contributed by atoms with Crippen molar-refractivity contribution < 1.29 is 14.3 Å². The molecule has 4 nitrogen and oxygen atoms in total. The van der Waals surface area contributed by atoms with E-state index in [9.17, 15) is 9.18 Å². The maximum absolute atomic E-state index is 13.2. The van der Waals surface area contributed by atoms with Gasteiger partial charge >= 0.3 is 0 Å². The van der Waals surface area contributed by atoms with Crippen molar-refractivity contribution in [3.05, 3.63) is 41.3 Å². The number of amides is 1. The molecule has 0 radical (unpaired) electrons. The van der Waals surface area contributed by atoms with Crippen LogP contribution in [0.4, 0.5) is 4.39 Å². The number of nitrogens with zero attached hydrogens (tertiary/aromatic N) is 1. The number of hydrogen-bond acceptors (Lipinski definition) is 3. The molecule has 5 heteroatoms. The van der Waals surface area contributed by atoms with Crippen LogP contribution < -0.4 is 5.32 Å². The van der Waals surface area contributed by atoms with Crippen LogP contribution in [0, 0.1) is 18.7 Å². The lowest BCUT2D eigenvalue weighted by Gasteiger charge is -2.12. The Labute approximate surface area is 123 Å². The van der Waals surface area contributed by atoms with Crippen LogP contribution in [0.3, 0.4) is 0 Å². The van der Waals surface area contributed by atoms with Gasteiger partial charge < -0.3 is 10.4 Å². The lowest BCUT2D eigenvalue weighted by molar-refractivity contribution is 0.0944. The third-order valence-corrected chi connectivity index (χ3v) is 3.45. The molecule has 1 aromatic heterocycles. The number of fused-ring (bicyclic) bond motifs is 1. The molecule has 21 heavy (non-hydrogen) atoms. The minimum absolute atomic E-state index is 0.110. The average Bonchev–Trinajstić information content (AvgIpc) is 2.44. The van der Waals surface area contributed by atoms with Crippen LogP contribution in [0.2, 0.25) is 0 Å². The van der Waals surface area contributed by atoms with Gasteiger partial charge in [0, 0.05) is 24.6 Å². The largest absolute Gasteiger partial charge is 0.396 e. The summed E-state index contributed by atoms with van der Waals surface area (Å²) in [6, 6.07) is 6.04. The Morgan fingerprint density at radius 3 is 2.90 bits per heavy atom. The lowest BCUT2D eigenvalue weighted by atomic mass is 10.1. The van der Waals surface area contributed by atoms with Crippen molar-refractivity contribution in [3.63, 3.8) is 0 Å². The van der Waals surface area contributed by atoms with Crippen LogP contribution >= 0.6 is 0 Å². The minimum atomic E-state index is -0.343. The predicted molar refractivity (Wildman–Crippen MR) is 79.6 cm³/mol. The minimum Gasteiger partial charge on any atom is -0.396 e. The van der Waals surface area contributed by atoms with E-state index in [1.165, 1.54) is 12.1 Å². The first-order valence-corrected chi connectivity index (χ1v) is 6.97. The van der Waals surface area contributed by atoms with E-state index in [4.69, 9.17) is 5.11 Å². The molecule has 0 saturated heterocycles. The van der Waals surface area contributed by atoms with E-state index in [1.54, 1.807) is 19.1 Å². The number of aliphatic hydroxyl groups excluding tert-OH is 1. The van der Waals surface area contributed by atoms with Gasteiger partial charge in [0.15, 0.2) is 0 Å². The molecule has 112 valence electrons. The van der Waals surface area contributed by atoms with Crippen LogP contribution in [0.15, 0.2) is 24.3 Å². The molecule has 0 aliphatic carbocycles. The van der Waals surface area contributed by atoms with E-state index in [2.05, 4.69) is 10.3 Å². The Hall–Kier alpha value is -2.01. The van der Waals surface area contributed by atoms with Gasteiger partial charge in [-0.05, 0) is 37.5 Å². The van der Waals surface area contributed by atoms with Crippen molar-refractivity contribution in [2.24, 2.45) is 5.92 Å². The number of carbonyl (C=O) groups excluding carboxylic acids is 1. The van der Waals surface area contributed by atoms with Gasteiger partial charge in [-0.25, -0.2) is 4.39 Å². The predicted octanol–water partition coefficient (Wildman–Crippen LogP) is 2.43. The summed E-state index contributed by atoms with van der Waals surface area (Å²) in [7, 11) is 0. The topological polar surface area (TPSA) is 62.2 Å². The number of aryl methyl sites for hydroxylation is 1. The molecule has 0 fully saturated rings. The van der Waals surface area contributed by atoms with Gasteiger partial charge in [-0.15, -0.1) is 0 Å². The van der Waals surface area contributed by atoms with Crippen molar-refractivity contribution in [2.75, 3.05) is 13.2 Å². The first-order chi connectivity index (χ1) is 10.0. The number of hydrogen-bond donors (Lipinski definition) is 2. The second-order valence-electron chi connectivity index (χ2n) is 5.29. The third-order valence-electron chi connectivity index (χ3n) is 3.45. The third kappa shape index (κ3) is 3.76. The number of benzene rings is 1. The molecule has 1 aromatic carbocycles. The Bertz CT molecular complexity index is 658. The van der Waals surface area contributed by atoms with Crippen LogP contribution in [-0.4, -0.2) is 29.1 Å². The van der Waals surface area contributed by atoms with E-state index >= 15 is 0 Å². The van der Waals surface area contributed by atoms with Crippen molar-refractivity contribution in [2.45, 2.75) is 20.3 Å². The Balaban J connectivity index is 2.19. The smallest absolute Gasteiger partial charge is 0.253 e. The SMILES string of the molecule is Cc1nc2cc(F)ccc2cc1C(=O)NCC(C)CCO. The number of rotatable bonds is 5. The summed E-state index contributed by atoms with van der Waals surface area (Å²) < 4.78 is 13.2. The van der Waals surface area contributed by atoms with Crippen molar-refractivity contribution in [1.29, 1.82) is 0 Å². The first-order valence-electron chi connectivity index (χ1n) is 6.97. The summed E-state index contributed by atoms with van der Waals surface area (Å²) in [5, 5.41) is 12.4. The standard InChI is InChI=1S/C16H19FN2O2/c1-10(5-6-20)9-18-16(21)14-7-12-3-4-13(17)8-15(12)19-11(14)2/h3-4,7-8,10,20H,5-6,9H2,1-2H3,(H,18,21). The highest BCUT2D eigenvalue weighted by Crippen LogP contribution is 2.17. The molecule has 1 atom stereocenters. The number of aliphatic hydroxyl groups is 1. The second-order valence-corrected chi connectivity index (χ2v) is 5.29. The zero-order valence-electron chi connectivity index (χ0n) is 12.2. The van der Waals surface area contributed by atoms with Gasteiger partial charge in [0.2, 0.25) is 0 Å². The van der Waals surface area contributed by atoms with E-state index in [0.717, 1.165) is 5.39 Å². The number of pyridine rings is 1. The van der Waals surface area contributed by atoms with Gasteiger partial charge in [-0.1, -0.05) is 6.92 Å². The van der Waals surface area contributed by atoms with Gasteiger partial charge in [0.1, 0.15) is 5.82 Å². The monoisotopic (exact) mass is 290 g/mol. The van der Waals surface area contributed by atoms with Crippen LogP contribution in [0.1, 0.15) is 29.4 Å². The first kappa shape index (κ1) is 15.4. The zero-order chi connectivity index (χ0) is 15.4. The summed E-state index contributed by atoms with van der Waals surface area (Å²) >= 11 is 0. The Kier molecular flexibility index (Phi) is 4.85. The van der Waals surface area contributed by atoms with Gasteiger partial charge in [0.05, 0.1) is 16.8 Å². The second kappa shape index (κ2) is 6.63. The molecule has 0 saturated carbocycles. The van der Waals surface area contributed by atoms with Crippen LogP contribution in [-0.2, 0) is 0 Å². The summed E-state index contributed by atoms with van der Waals surface area (Å²) in [5.74, 6) is -0.331. The molecular weight excluding hydrogens is 271 g/mol. The number of halogens is 1. The van der Waals surface area contributed by atoms with Crippen molar-refractivity contribution in [1.82, 2.24) is 10.3 Å². The Morgan fingerprint density at radius 2 is 2.19 bits per heavy atom. The van der Waals surface area contributed by atoms with Crippen LogP contribution in [0.25, 0.3) is 10.9 Å². The molecule has 2 rings (SSSR count). The highest BCUT2D eigenvalue weighted by Gasteiger charge is 2.13. The normalized spacial score (nSPS) is 12.4. The molecule has 2 aromatic rings. The maximum Gasteiger partial charge on any atom is 0.253 e. The van der Waals surface area contributed by atoms with Gasteiger partial charge in [0.25, 0.3) is 5.91 Å². The van der Waals surface area contributed by atoms with Gasteiger partial charge in [-0.2, -0.15) is 0 Å². The molecule has 1 unspecified atom stereocenters. The average molecular weight is 290 g/mol. The van der Waals surface area contributed by atoms with E-state index in [1.807, 2.05) is 6.92 Å². The fourth-order valence-corrected chi connectivity index (χ4v) is 2.15. The summed E-state index contributed by atoms with van der Waals surface area (Å²) in [6.45, 7) is 4.31. The Morgan fingerprint density at radius 1 is 1.43 bits per heavy atom. The molecule has 2 N–H and O–H groups in total. The van der Waals surface area contributed by atoms with E-state index in [-0.39, 0.29) is 24.2 Å². The fraction of sp³-hybridized carbons (Fsp3) is 0.375. The lowest BCUT2D eigenvalue weighted by Crippen LogP contribution is -2.29. The summed E-state index contributed by atoms with van der Waals surface area (Å²) in [5.41, 5.74) is 1.60. The number of nitrogens with one attached hydrogen (secondary N) is 1.